The Labute approximate surface area is 102 Å². The maximum atomic E-state index is 13.0. The van der Waals surface area contributed by atoms with Crippen LogP contribution in [0.25, 0.3) is 11.4 Å². The van der Waals surface area contributed by atoms with E-state index in [1.165, 1.54) is 6.07 Å². The summed E-state index contributed by atoms with van der Waals surface area (Å²) in [5.41, 5.74) is 0.345. The average Bonchev–Trinajstić information content (AvgIpc) is 2.82. The van der Waals surface area contributed by atoms with Crippen LogP contribution in [0.15, 0.2) is 22.7 Å². The summed E-state index contributed by atoms with van der Waals surface area (Å²) in [7, 11) is 1.57. The Morgan fingerprint density at radius 1 is 1.33 bits per heavy atom. The SMILES string of the molecule is COCCNc1nc(-c2ccc(F)c(F)c2)no1. The highest BCUT2D eigenvalue weighted by atomic mass is 19.2. The maximum Gasteiger partial charge on any atom is 0.321 e. The van der Waals surface area contributed by atoms with Crippen LogP contribution in [0.2, 0.25) is 0 Å². The number of anilines is 1. The van der Waals surface area contributed by atoms with Gasteiger partial charge in [-0.25, -0.2) is 8.78 Å². The van der Waals surface area contributed by atoms with Crippen LogP contribution in [0.5, 0.6) is 0 Å². The van der Waals surface area contributed by atoms with E-state index in [-0.39, 0.29) is 11.8 Å². The zero-order valence-electron chi connectivity index (χ0n) is 9.61. The van der Waals surface area contributed by atoms with Crippen molar-refractivity contribution in [1.29, 1.82) is 0 Å². The van der Waals surface area contributed by atoms with Gasteiger partial charge in [0, 0.05) is 19.2 Å². The Morgan fingerprint density at radius 3 is 2.89 bits per heavy atom. The van der Waals surface area contributed by atoms with Crippen molar-refractivity contribution < 1.29 is 18.0 Å². The third-order valence-corrected chi connectivity index (χ3v) is 2.19. The molecule has 0 aliphatic rings. The number of methoxy groups -OCH3 is 1. The second-order valence-electron chi connectivity index (χ2n) is 3.47. The van der Waals surface area contributed by atoms with E-state index in [0.717, 1.165) is 12.1 Å². The van der Waals surface area contributed by atoms with Crippen molar-refractivity contribution in [1.82, 2.24) is 10.1 Å². The van der Waals surface area contributed by atoms with Crippen LogP contribution in [-0.2, 0) is 4.74 Å². The van der Waals surface area contributed by atoms with E-state index in [1.54, 1.807) is 7.11 Å². The second kappa shape index (κ2) is 5.54. The van der Waals surface area contributed by atoms with E-state index >= 15 is 0 Å². The van der Waals surface area contributed by atoms with Gasteiger partial charge < -0.3 is 14.6 Å². The molecule has 0 atom stereocenters. The van der Waals surface area contributed by atoms with Gasteiger partial charge in [-0.05, 0) is 18.2 Å². The second-order valence-corrected chi connectivity index (χ2v) is 3.47. The number of hydrogen-bond acceptors (Lipinski definition) is 5. The van der Waals surface area contributed by atoms with Crippen LogP contribution in [0, 0.1) is 11.6 Å². The molecule has 0 saturated carbocycles. The molecule has 0 aliphatic heterocycles. The normalized spacial score (nSPS) is 10.6. The van der Waals surface area contributed by atoms with Crippen LogP contribution in [0.1, 0.15) is 0 Å². The Morgan fingerprint density at radius 2 is 2.17 bits per heavy atom. The number of nitrogens with one attached hydrogen (secondary N) is 1. The summed E-state index contributed by atoms with van der Waals surface area (Å²) in [5, 5.41) is 6.49. The summed E-state index contributed by atoms with van der Waals surface area (Å²) in [4.78, 5) is 3.99. The molecule has 2 rings (SSSR count). The lowest BCUT2D eigenvalue weighted by atomic mass is 10.2. The van der Waals surface area contributed by atoms with E-state index in [1.807, 2.05) is 0 Å². The third-order valence-electron chi connectivity index (χ3n) is 2.19. The number of benzene rings is 1. The van der Waals surface area contributed by atoms with Crippen molar-refractivity contribution in [3.63, 3.8) is 0 Å². The first-order valence-corrected chi connectivity index (χ1v) is 5.22. The Balaban J connectivity index is 2.11. The standard InChI is InChI=1S/C11H11F2N3O2/c1-17-5-4-14-11-15-10(16-18-11)7-2-3-8(12)9(13)6-7/h2-3,6H,4-5H2,1H3,(H,14,15,16). The summed E-state index contributed by atoms with van der Waals surface area (Å²) < 4.78 is 35.5. The van der Waals surface area contributed by atoms with Gasteiger partial charge in [-0.3, -0.25) is 0 Å². The van der Waals surface area contributed by atoms with Gasteiger partial charge in [0.05, 0.1) is 6.61 Å². The molecule has 7 heteroatoms. The van der Waals surface area contributed by atoms with Gasteiger partial charge in [0.25, 0.3) is 0 Å². The van der Waals surface area contributed by atoms with Crippen LogP contribution >= 0.6 is 0 Å². The fourth-order valence-corrected chi connectivity index (χ4v) is 1.31. The van der Waals surface area contributed by atoms with E-state index in [4.69, 9.17) is 9.26 Å². The van der Waals surface area contributed by atoms with E-state index in [9.17, 15) is 8.78 Å². The number of halogens is 2. The topological polar surface area (TPSA) is 60.2 Å². The largest absolute Gasteiger partial charge is 0.383 e. The molecule has 0 spiro atoms. The van der Waals surface area contributed by atoms with Crippen LogP contribution in [0.4, 0.5) is 14.8 Å². The van der Waals surface area contributed by atoms with Crippen LogP contribution < -0.4 is 5.32 Å². The number of ether oxygens (including phenoxy) is 1. The Hall–Kier alpha value is -2.02. The van der Waals surface area contributed by atoms with Gasteiger partial charge >= 0.3 is 6.01 Å². The lowest BCUT2D eigenvalue weighted by Gasteiger charge is -1.97. The van der Waals surface area contributed by atoms with Gasteiger partial charge in [0.1, 0.15) is 0 Å². The smallest absolute Gasteiger partial charge is 0.321 e. The molecule has 1 aromatic heterocycles. The molecule has 0 aliphatic carbocycles. The molecule has 1 heterocycles. The highest BCUT2D eigenvalue weighted by Gasteiger charge is 2.10. The maximum absolute atomic E-state index is 13.0. The molecule has 1 N–H and O–H groups in total. The van der Waals surface area contributed by atoms with Gasteiger partial charge in [-0.1, -0.05) is 5.16 Å². The first-order valence-electron chi connectivity index (χ1n) is 5.22. The molecule has 5 nitrogen and oxygen atoms in total. The molecule has 0 unspecified atom stereocenters. The highest BCUT2D eigenvalue weighted by molar-refractivity contribution is 5.55. The third kappa shape index (κ3) is 2.80. The van der Waals surface area contributed by atoms with Crippen molar-refractivity contribution in [3.05, 3.63) is 29.8 Å². The van der Waals surface area contributed by atoms with Gasteiger partial charge in [-0.2, -0.15) is 4.98 Å². The molecule has 0 amide bonds. The molecule has 0 fully saturated rings. The summed E-state index contributed by atoms with van der Waals surface area (Å²) in [6.07, 6.45) is 0. The molecule has 0 bridgehead atoms. The zero-order chi connectivity index (χ0) is 13.0. The van der Waals surface area contributed by atoms with E-state index < -0.39 is 11.6 Å². The average molecular weight is 255 g/mol. The number of aromatic nitrogens is 2. The molecule has 96 valence electrons. The van der Waals surface area contributed by atoms with Gasteiger partial charge in [0.2, 0.25) is 5.82 Å². The van der Waals surface area contributed by atoms with Crippen molar-refractivity contribution in [2.24, 2.45) is 0 Å². The van der Waals surface area contributed by atoms with Crippen LogP contribution in [-0.4, -0.2) is 30.4 Å². The monoisotopic (exact) mass is 255 g/mol. The Kier molecular flexibility index (Phi) is 3.83. The molecule has 2 aromatic rings. The molecule has 0 saturated heterocycles. The number of nitrogens with zero attached hydrogens (tertiary/aromatic N) is 2. The summed E-state index contributed by atoms with van der Waals surface area (Å²) in [6, 6.07) is 3.60. The minimum Gasteiger partial charge on any atom is -0.383 e. The lowest BCUT2D eigenvalue weighted by Crippen LogP contribution is -2.07. The first-order chi connectivity index (χ1) is 8.70. The summed E-state index contributed by atoms with van der Waals surface area (Å²) >= 11 is 0. The predicted molar refractivity (Wildman–Crippen MR) is 60.0 cm³/mol. The molecule has 18 heavy (non-hydrogen) atoms. The predicted octanol–water partition coefficient (Wildman–Crippen LogP) is 2.07. The number of rotatable bonds is 5. The quantitative estimate of drug-likeness (QED) is 0.829. The van der Waals surface area contributed by atoms with Gasteiger partial charge in [0.15, 0.2) is 11.6 Å². The summed E-state index contributed by atoms with van der Waals surface area (Å²) in [6.45, 7) is 0.999. The zero-order valence-corrected chi connectivity index (χ0v) is 9.61. The van der Waals surface area contributed by atoms with E-state index in [2.05, 4.69) is 15.5 Å². The molecular weight excluding hydrogens is 244 g/mol. The van der Waals surface area contributed by atoms with Crippen LogP contribution in [0.3, 0.4) is 0 Å². The summed E-state index contributed by atoms with van der Waals surface area (Å²) in [5.74, 6) is -1.68. The van der Waals surface area contributed by atoms with Crippen molar-refractivity contribution >= 4 is 6.01 Å². The van der Waals surface area contributed by atoms with Crippen molar-refractivity contribution in [2.45, 2.75) is 0 Å². The van der Waals surface area contributed by atoms with Crippen molar-refractivity contribution in [2.75, 3.05) is 25.6 Å². The van der Waals surface area contributed by atoms with Gasteiger partial charge in [-0.15, -0.1) is 0 Å². The molecular formula is C11H11F2N3O2. The number of hydrogen-bond donors (Lipinski definition) is 1. The molecule has 0 radical (unpaired) electrons. The molecule has 1 aromatic carbocycles. The highest BCUT2D eigenvalue weighted by Crippen LogP contribution is 2.19. The Bertz CT molecular complexity index is 531. The fourth-order valence-electron chi connectivity index (χ4n) is 1.31. The van der Waals surface area contributed by atoms with Crippen molar-refractivity contribution in [3.8, 4) is 11.4 Å². The minimum atomic E-state index is -0.953. The minimum absolute atomic E-state index is 0.189. The van der Waals surface area contributed by atoms with E-state index in [0.29, 0.717) is 18.7 Å². The fraction of sp³-hybridized carbons (Fsp3) is 0.273. The first kappa shape index (κ1) is 12.4. The lowest BCUT2D eigenvalue weighted by molar-refractivity contribution is 0.210.